The van der Waals surface area contributed by atoms with Gasteiger partial charge in [0.15, 0.2) is 0 Å². The molecule has 0 aliphatic carbocycles. The summed E-state index contributed by atoms with van der Waals surface area (Å²) in [6.45, 7) is 1.31. The van der Waals surface area contributed by atoms with E-state index in [0.717, 1.165) is 16.9 Å². The molecule has 5 rings (SSSR count). The molecule has 1 aromatic heterocycles. The minimum absolute atomic E-state index is 0.0191. The van der Waals surface area contributed by atoms with Crippen LogP contribution in [0.3, 0.4) is 0 Å². The monoisotopic (exact) mass is 574 g/mol. The Hall–Kier alpha value is -4.38. The molecule has 3 N–H and O–H groups in total. The number of aromatic amines is 1. The Bertz CT molecular complexity index is 1340. The van der Waals surface area contributed by atoms with Crippen LogP contribution in [-0.4, -0.2) is 94.2 Å². The van der Waals surface area contributed by atoms with E-state index in [2.05, 4.69) is 20.2 Å². The van der Waals surface area contributed by atoms with Crippen molar-refractivity contribution in [2.75, 3.05) is 44.9 Å². The molecule has 1 atom stereocenters. The molecular weight excluding hydrogens is 536 g/mol. The van der Waals surface area contributed by atoms with Crippen LogP contribution >= 0.6 is 0 Å². The van der Waals surface area contributed by atoms with E-state index in [1.54, 1.807) is 29.4 Å². The fourth-order valence-corrected chi connectivity index (χ4v) is 5.94. The fraction of sp³-hybridized carbons (Fsp3) is 0.419. The van der Waals surface area contributed by atoms with Gasteiger partial charge in [-0.15, -0.1) is 0 Å². The Morgan fingerprint density at radius 3 is 2.50 bits per heavy atom. The number of methoxy groups -OCH3 is 1. The first kappa shape index (κ1) is 29.1. The number of imidazole rings is 1. The van der Waals surface area contributed by atoms with Gasteiger partial charge in [-0.2, -0.15) is 0 Å². The number of amides is 3. The van der Waals surface area contributed by atoms with Crippen LogP contribution in [0.25, 0.3) is 0 Å². The van der Waals surface area contributed by atoms with Gasteiger partial charge in [0.2, 0.25) is 17.7 Å². The van der Waals surface area contributed by atoms with Crippen LogP contribution in [0.5, 0.6) is 5.75 Å². The number of H-pyrrole nitrogens is 1. The number of hydrogen-bond acceptors (Lipinski definition) is 7. The van der Waals surface area contributed by atoms with Crippen molar-refractivity contribution >= 4 is 23.4 Å². The van der Waals surface area contributed by atoms with Gasteiger partial charge in [0.25, 0.3) is 0 Å². The van der Waals surface area contributed by atoms with E-state index in [-0.39, 0.29) is 37.3 Å². The van der Waals surface area contributed by atoms with Gasteiger partial charge >= 0.3 is 0 Å². The second kappa shape index (κ2) is 13.1. The van der Waals surface area contributed by atoms with E-state index in [0.29, 0.717) is 51.2 Å². The second-order valence-electron chi connectivity index (χ2n) is 10.8. The van der Waals surface area contributed by atoms with Crippen LogP contribution in [-0.2, 0) is 27.2 Å². The number of nitrogens with zero attached hydrogens (tertiary/aromatic N) is 4. The number of β-amino-alcohol motifs (C(OH)–C–C–N with tert-alkyl or cyclic N) is 1. The number of aliphatic hydroxyl groups is 1. The van der Waals surface area contributed by atoms with Crippen LogP contribution in [0.15, 0.2) is 67.1 Å². The molecule has 2 saturated heterocycles. The number of aromatic nitrogens is 2. The number of ether oxygens (including phenoxy) is 1. The molecule has 11 nitrogen and oxygen atoms in total. The maximum atomic E-state index is 13.9. The first-order valence-corrected chi connectivity index (χ1v) is 14.3. The second-order valence-corrected chi connectivity index (χ2v) is 10.8. The molecule has 11 heteroatoms. The third kappa shape index (κ3) is 6.25. The summed E-state index contributed by atoms with van der Waals surface area (Å²) < 4.78 is 5.26. The van der Waals surface area contributed by atoms with Crippen molar-refractivity contribution in [1.29, 1.82) is 0 Å². The van der Waals surface area contributed by atoms with Crippen molar-refractivity contribution in [2.45, 2.75) is 43.7 Å². The Labute approximate surface area is 245 Å². The number of anilines is 1. The van der Waals surface area contributed by atoms with Crippen LogP contribution in [0.4, 0.5) is 5.69 Å². The number of rotatable bonds is 11. The highest BCUT2D eigenvalue weighted by molar-refractivity contribution is 5.94. The van der Waals surface area contributed by atoms with Gasteiger partial charge in [-0.25, -0.2) is 4.98 Å². The Kier molecular flexibility index (Phi) is 9.06. The largest absolute Gasteiger partial charge is 0.497 e. The number of hydrogen-bond donors (Lipinski definition) is 3. The van der Waals surface area contributed by atoms with E-state index in [1.165, 1.54) is 0 Å². The number of nitrogens with one attached hydrogen (secondary N) is 2. The van der Waals surface area contributed by atoms with Crippen molar-refractivity contribution < 1.29 is 24.2 Å². The number of likely N-dealkylation sites (tertiary alicyclic amines) is 1. The Balaban J connectivity index is 1.31. The summed E-state index contributed by atoms with van der Waals surface area (Å²) in [5.74, 6) is 0.311. The van der Waals surface area contributed by atoms with Gasteiger partial charge < -0.3 is 34.8 Å². The summed E-state index contributed by atoms with van der Waals surface area (Å²) in [6.07, 6.45) is 5.21. The first-order chi connectivity index (χ1) is 20.4. The van der Waals surface area contributed by atoms with E-state index in [4.69, 9.17) is 4.74 Å². The summed E-state index contributed by atoms with van der Waals surface area (Å²) in [6, 6.07) is 16.5. The maximum absolute atomic E-state index is 13.9. The zero-order valence-electron chi connectivity index (χ0n) is 23.9. The number of piperidine rings is 1. The van der Waals surface area contributed by atoms with Gasteiger partial charge in [0, 0.05) is 50.1 Å². The summed E-state index contributed by atoms with van der Waals surface area (Å²) >= 11 is 0. The van der Waals surface area contributed by atoms with Gasteiger partial charge in [-0.3, -0.25) is 14.4 Å². The average molecular weight is 575 g/mol. The highest BCUT2D eigenvalue weighted by Gasteiger charge is 2.54. The van der Waals surface area contributed by atoms with Crippen molar-refractivity contribution in [1.82, 2.24) is 25.1 Å². The quantitative estimate of drug-likeness (QED) is 0.318. The average Bonchev–Trinajstić information content (AvgIpc) is 3.64. The topological polar surface area (TPSA) is 131 Å². The van der Waals surface area contributed by atoms with Crippen molar-refractivity contribution in [2.24, 2.45) is 0 Å². The lowest BCUT2D eigenvalue weighted by Crippen LogP contribution is -2.59. The molecule has 0 bridgehead atoms. The number of carbonyl (C=O) groups is 3. The van der Waals surface area contributed by atoms with E-state index in [9.17, 15) is 19.5 Å². The highest BCUT2D eigenvalue weighted by Crippen LogP contribution is 2.39. The molecule has 3 amide bonds. The Morgan fingerprint density at radius 2 is 1.86 bits per heavy atom. The zero-order valence-corrected chi connectivity index (χ0v) is 23.9. The molecule has 0 radical (unpaired) electrons. The number of aliphatic hydroxyl groups excluding tert-OH is 1. The molecule has 2 fully saturated rings. The van der Waals surface area contributed by atoms with Crippen molar-refractivity contribution in [3.63, 3.8) is 0 Å². The fourth-order valence-electron chi connectivity index (χ4n) is 5.94. The number of carbonyl (C=O) groups excluding carboxylic acids is 3. The third-order valence-electron chi connectivity index (χ3n) is 8.26. The van der Waals surface area contributed by atoms with Crippen LogP contribution < -0.4 is 15.0 Å². The number of benzene rings is 2. The molecule has 2 aromatic carbocycles. The Morgan fingerprint density at radius 1 is 1.12 bits per heavy atom. The van der Waals surface area contributed by atoms with Crippen LogP contribution in [0, 0.1) is 0 Å². The summed E-state index contributed by atoms with van der Waals surface area (Å²) in [5, 5.41) is 12.5. The van der Waals surface area contributed by atoms with Crippen molar-refractivity contribution in [3.05, 3.63) is 78.4 Å². The number of para-hydroxylation sites is 1. The van der Waals surface area contributed by atoms with Gasteiger partial charge in [-0.05, 0) is 49.1 Å². The highest BCUT2D eigenvalue weighted by atomic mass is 16.5. The maximum Gasteiger partial charge on any atom is 0.250 e. The molecule has 3 aromatic rings. The van der Waals surface area contributed by atoms with Gasteiger partial charge in [-0.1, -0.05) is 30.3 Å². The van der Waals surface area contributed by atoms with Gasteiger partial charge in [0.05, 0.1) is 26.7 Å². The molecule has 2 aliphatic rings. The molecule has 1 unspecified atom stereocenters. The first-order valence-electron chi connectivity index (χ1n) is 14.3. The lowest BCUT2D eigenvalue weighted by molar-refractivity contribution is -0.140. The van der Waals surface area contributed by atoms with E-state index in [1.807, 2.05) is 54.6 Å². The summed E-state index contributed by atoms with van der Waals surface area (Å²) in [5.41, 5.74) is 1.90. The van der Waals surface area contributed by atoms with E-state index >= 15 is 0 Å². The molecular formula is C31H38N6O5. The smallest absolute Gasteiger partial charge is 0.250 e. The zero-order chi connectivity index (χ0) is 29.5. The van der Waals surface area contributed by atoms with Crippen LogP contribution in [0.2, 0.25) is 0 Å². The predicted molar refractivity (Wildman–Crippen MR) is 157 cm³/mol. The molecule has 222 valence electrons. The summed E-state index contributed by atoms with van der Waals surface area (Å²) in [4.78, 5) is 53.1. The molecule has 3 heterocycles. The third-order valence-corrected chi connectivity index (χ3v) is 8.26. The lowest BCUT2D eigenvalue weighted by Gasteiger charge is -2.44. The van der Waals surface area contributed by atoms with Crippen molar-refractivity contribution in [3.8, 4) is 5.75 Å². The SMILES string of the molecule is COc1ccc(CC(NC(=O)CCc2cnc[nH]2)C(=O)N2CCC3(CC2)C(=O)N(CCO)CN3c2ccccc2)cc1. The minimum atomic E-state index is -0.786. The molecule has 0 saturated carbocycles. The number of aryl methyl sites for hydroxylation is 1. The summed E-state index contributed by atoms with van der Waals surface area (Å²) in [7, 11) is 1.60. The minimum Gasteiger partial charge on any atom is -0.497 e. The molecule has 2 aliphatic heterocycles. The van der Waals surface area contributed by atoms with Crippen LogP contribution in [0.1, 0.15) is 30.5 Å². The molecule has 42 heavy (non-hydrogen) atoms. The van der Waals surface area contributed by atoms with E-state index < -0.39 is 11.6 Å². The standard InChI is InChI=1S/C31H38N6O5/c1-42-26-10-7-23(8-11-26)19-27(34-28(39)12-9-24-20-32-21-33-24)29(40)35-15-13-31(14-16-35)30(41)36(17-18-38)22-37(31)25-5-3-2-4-6-25/h2-8,10-11,20-21,27,38H,9,12-19,22H2,1H3,(H,32,33)(H,34,39). The molecule has 1 spiro atoms. The van der Waals surface area contributed by atoms with Gasteiger partial charge in [0.1, 0.15) is 17.3 Å². The normalized spacial score (nSPS) is 17.0. The predicted octanol–water partition coefficient (Wildman–Crippen LogP) is 1.74. The lowest BCUT2D eigenvalue weighted by atomic mass is 9.85.